The molecule has 21 heavy (non-hydrogen) atoms. The fraction of sp³-hybridized carbons (Fsp3) is 0.100. The van der Waals surface area contributed by atoms with Crippen LogP contribution in [0, 0.1) is 19.7 Å². The van der Waals surface area contributed by atoms with Gasteiger partial charge in [-0.2, -0.15) is 0 Å². The van der Waals surface area contributed by atoms with Crippen LogP contribution < -0.4 is 0 Å². The van der Waals surface area contributed by atoms with Gasteiger partial charge in [-0.15, -0.1) is 0 Å². The van der Waals surface area contributed by atoms with E-state index >= 15 is 0 Å². The molecule has 0 bridgehead atoms. The van der Waals surface area contributed by atoms with E-state index < -0.39 is 0 Å². The molecule has 1 heteroatoms. The molecule has 0 aliphatic carbocycles. The van der Waals surface area contributed by atoms with E-state index in [-0.39, 0.29) is 5.82 Å². The second-order valence-electron chi connectivity index (χ2n) is 5.41. The maximum Gasteiger partial charge on any atom is 0.126 e. The number of rotatable bonds is 2. The summed E-state index contributed by atoms with van der Waals surface area (Å²) in [6.45, 7) is 3.86. The van der Waals surface area contributed by atoms with Gasteiger partial charge in [0.15, 0.2) is 0 Å². The van der Waals surface area contributed by atoms with Gasteiger partial charge in [0.05, 0.1) is 0 Å². The van der Waals surface area contributed by atoms with E-state index in [4.69, 9.17) is 0 Å². The molecule has 0 atom stereocenters. The molecule has 0 saturated heterocycles. The van der Waals surface area contributed by atoms with Crippen LogP contribution in [-0.2, 0) is 0 Å². The Kier molecular flexibility index (Phi) is 3.57. The lowest BCUT2D eigenvalue weighted by Gasteiger charge is -2.06. The van der Waals surface area contributed by atoms with E-state index in [9.17, 15) is 4.39 Å². The third kappa shape index (κ3) is 2.87. The Balaban J connectivity index is 1.93. The van der Waals surface area contributed by atoms with E-state index in [0.29, 0.717) is 5.56 Å². The van der Waals surface area contributed by atoms with Crippen LogP contribution >= 0.6 is 0 Å². The number of hydrogen-bond donors (Lipinski definition) is 0. The molecule has 0 aliphatic rings. The highest BCUT2D eigenvalue weighted by atomic mass is 19.1. The van der Waals surface area contributed by atoms with E-state index in [1.54, 1.807) is 13.0 Å². The van der Waals surface area contributed by atoms with Crippen molar-refractivity contribution in [3.05, 3.63) is 83.7 Å². The highest BCUT2D eigenvalue weighted by molar-refractivity contribution is 5.70. The van der Waals surface area contributed by atoms with Crippen molar-refractivity contribution in [2.45, 2.75) is 13.8 Å². The molecule has 0 spiro atoms. The zero-order valence-electron chi connectivity index (χ0n) is 12.2. The summed E-state index contributed by atoms with van der Waals surface area (Å²) in [5.74, 6) is -0.157. The zero-order chi connectivity index (χ0) is 14.8. The molecule has 0 N–H and O–H groups in total. The van der Waals surface area contributed by atoms with Crippen LogP contribution in [0.3, 0.4) is 0 Å². The van der Waals surface area contributed by atoms with Crippen molar-refractivity contribution in [1.82, 2.24) is 0 Å². The van der Waals surface area contributed by atoms with Gasteiger partial charge in [0.1, 0.15) is 5.82 Å². The van der Waals surface area contributed by atoms with Crippen molar-refractivity contribution in [3.63, 3.8) is 0 Å². The van der Waals surface area contributed by atoms with Crippen molar-refractivity contribution in [2.24, 2.45) is 0 Å². The van der Waals surface area contributed by atoms with Crippen LogP contribution in [0.4, 0.5) is 4.39 Å². The Morgan fingerprint density at radius 3 is 1.52 bits per heavy atom. The Morgan fingerprint density at radius 2 is 1.00 bits per heavy atom. The number of halogens is 1. The summed E-state index contributed by atoms with van der Waals surface area (Å²) in [5, 5.41) is 0. The van der Waals surface area contributed by atoms with Crippen LogP contribution in [0.15, 0.2) is 66.7 Å². The van der Waals surface area contributed by atoms with Crippen LogP contribution in [0.1, 0.15) is 11.1 Å². The molecular formula is C20H17F. The maximum atomic E-state index is 13.6. The predicted molar refractivity (Wildman–Crippen MR) is 86.7 cm³/mol. The SMILES string of the molecule is Cc1ccc(-c2ccc(-c3ccc(C)c(F)c3)cc2)cc1. The Hall–Kier alpha value is -2.41. The molecule has 0 unspecified atom stereocenters. The van der Waals surface area contributed by atoms with Gasteiger partial charge in [-0.25, -0.2) is 4.39 Å². The molecule has 0 aromatic heterocycles. The van der Waals surface area contributed by atoms with Gasteiger partial charge in [-0.1, -0.05) is 66.2 Å². The molecule has 0 heterocycles. The summed E-state index contributed by atoms with van der Waals surface area (Å²) < 4.78 is 13.6. The summed E-state index contributed by atoms with van der Waals surface area (Å²) in [5.41, 5.74) is 6.24. The first kappa shape index (κ1) is 13.6. The minimum atomic E-state index is -0.157. The molecule has 3 aromatic carbocycles. The quantitative estimate of drug-likeness (QED) is 0.557. The molecule has 3 rings (SSSR count). The first-order valence-electron chi connectivity index (χ1n) is 7.07. The number of aryl methyl sites for hydroxylation is 2. The minimum absolute atomic E-state index is 0.157. The van der Waals surface area contributed by atoms with E-state index in [1.807, 2.05) is 24.3 Å². The van der Waals surface area contributed by atoms with E-state index in [0.717, 1.165) is 11.1 Å². The van der Waals surface area contributed by atoms with Crippen molar-refractivity contribution in [3.8, 4) is 22.3 Å². The molecule has 0 saturated carbocycles. The molecule has 0 nitrogen and oxygen atoms in total. The van der Waals surface area contributed by atoms with Crippen LogP contribution in [0.2, 0.25) is 0 Å². The minimum Gasteiger partial charge on any atom is -0.207 e. The second kappa shape index (κ2) is 5.53. The average Bonchev–Trinajstić information content (AvgIpc) is 2.51. The van der Waals surface area contributed by atoms with Gasteiger partial charge in [-0.05, 0) is 47.7 Å². The summed E-state index contributed by atoms with van der Waals surface area (Å²) >= 11 is 0. The van der Waals surface area contributed by atoms with Crippen molar-refractivity contribution in [2.75, 3.05) is 0 Å². The van der Waals surface area contributed by atoms with E-state index in [1.165, 1.54) is 16.7 Å². The first-order chi connectivity index (χ1) is 10.1. The predicted octanol–water partition coefficient (Wildman–Crippen LogP) is 5.78. The van der Waals surface area contributed by atoms with E-state index in [2.05, 4.69) is 43.3 Å². The van der Waals surface area contributed by atoms with Crippen LogP contribution in [0.25, 0.3) is 22.3 Å². The summed E-state index contributed by atoms with van der Waals surface area (Å²) in [4.78, 5) is 0. The van der Waals surface area contributed by atoms with Crippen molar-refractivity contribution in [1.29, 1.82) is 0 Å². The normalized spacial score (nSPS) is 10.6. The number of hydrogen-bond acceptors (Lipinski definition) is 0. The Morgan fingerprint density at radius 1 is 0.571 bits per heavy atom. The fourth-order valence-corrected chi connectivity index (χ4v) is 2.37. The van der Waals surface area contributed by atoms with Crippen LogP contribution in [-0.4, -0.2) is 0 Å². The molecule has 0 fully saturated rings. The summed E-state index contributed by atoms with van der Waals surface area (Å²) in [7, 11) is 0. The molecule has 0 amide bonds. The maximum absolute atomic E-state index is 13.6. The highest BCUT2D eigenvalue weighted by Gasteiger charge is 2.03. The average molecular weight is 276 g/mol. The number of benzene rings is 3. The molecular weight excluding hydrogens is 259 g/mol. The monoisotopic (exact) mass is 276 g/mol. The van der Waals surface area contributed by atoms with Crippen LogP contribution in [0.5, 0.6) is 0 Å². The topological polar surface area (TPSA) is 0 Å². The first-order valence-corrected chi connectivity index (χ1v) is 7.07. The zero-order valence-corrected chi connectivity index (χ0v) is 12.2. The van der Waals surface area contributed by atoms with Gasteiger partial charge in [0, 0.05) is 0 Å². The fourth-order valence-electron chi connectivity index (χ4n) is 2.37. The third-order valence-electron chi connectivity index (χ3n) is 3.77. The third-order valence-corrected chi connectivity index (χ3v) is 3.77. The highest BCUT2D eigenvalue weighted by Crippen LogP contribution is 2.26. The van der Waals surface area contributed by atoms with Gasteiger partial charge < -0.3 is 0 Å². The van der Waals surface area contributed by atoms with Crippen molar-refractivity contribution >= 4 is 0 Å². The lowest BCUT2D eigenvalue weighted by atomic mass is 9.99. The lowest BCUT2D eigenvalue weighted by Crippen LogP contribution is -1.85. The molecule has 3 aromatic rings. The standard InChI is InChI=1S/C20H17F/c1-14-3-6-16(7-4-14)17-9-11-18(12-10-17)19-8-5-15(2)20(21)13-19/h3-13H,1-2H3. The molecule has 0 aliphatic heterocycles. The smallest absolute Gasteiger partial charge is 0.126 e. The molecule has 0 radical (unpaired) electrons. The molecule has 104 valence electrons. The summed E-state index contributed by atoms with van der Waals surface area (Å²) in [6.07, 6.45) is 0. The Bertz CT molecular complexity index is 753. The lowest BCUT2D eigenvalue weighted by molar-refractivity contribution is 0.619. The Labute approximate surface area is 124 Å². The second-order valence-corrected chi connectivity index (χ2v) is 5.41. The van der Waals surface area contributed by atoms with Gasteiger partial charge in [0.25, 0.3) is 0 Å². The van der Waals surface area contributed by atoms with Gasteiger partial charge >= 0.3 is 0 Å². The van der Waals surface area contributed by atoms with Crippen molar-refractivity contribution < 1.29 is 4.39 Å². The summed E-state index contributed by atoms with van der Waals surface area (Å²) in [6, 6.07) is 22.1. The van der Waals surface area contributed by atoms with Gasteiger partial charge in [-0.3, -0.25) is 0 Å². The largest absolute Gasteiger partial charge is 0.207 e. The van der Waals surface area contributed by atoms with Gasteiger partial charge in [0.2, 0.25) is 0 Å².